The van der Waals surface area contributed by atoms with Crippen molar-refractivity contribution in [3.63, 3.8) is 0 Å². The summed E-state index contributed by atoms with van der Waals surface area (Å²) in [6.45, 7) is 4.35. The molecule has 1 heterocycles. The lowest BCUT2D eigenvalue weighted by molar-refractivity contribution is -0.123. The summed E-state index contributed by atoms with van der Waals surface area (Å²) < 4.78 is 0. The molecule has 100 valence electrons. The fraction of sp³-hybridized carbons (Fsp3) is 0.583. The molecule has 0 bridgehead atoms. The van der Waals surface area contributed by atoms with E-state index in [0.717, 1.165) is 11.6 Å². The van der Waals surface area contributed by atoms with Gasteiger partial charge in [0.25, 0.3) is 0 Å². The molecule has 1 aromatic rings. The summed E-state index contributed by atoms with van der Waals surface area (Å²) in [5.74, 6) is 2.23. The Kier molecular flexibility index (Phi) is 4.88. The molecule has 1 amide bonds. The SMILES string of the molecule is CNC(=O)C(C)CN(C)c1cc(NC)nc(C)n1. The van der Waals surface area contributed by atoms with Crippen LogP contribution in [-0.4, -0.2) is 43.6 Å². The molecule has 0 aliphatic heterocycles. The number of nitrogens with zero attached hydrogens (tertiary/aromatic N) is 3. The van der Waals surface area contributed by atoms with Crippen molar-refractivity contribution in [1.82, 2.24) is 15.3 Å². The van der Waals surface area contributed by atoms with Gasteiger partial charge in [0.2, 0.25) is 5.91 Å². The molecule has 6 nitrogen and oxygen atoms in total. The lowest BCUT2D eigenvalue weighted by atomic mass is 10.1. The van der Waals surface area contributed by atoms with E-state index < -0.39 is 0 Å². The first-order chi connectivity index (χ1) is 8.47. The summed E-state index contributed by atoms with van der Waals surface area (Å²) in [6, 6.07) is 1.86. The second-order valence-electron chi connectivity index (χ2n) is 4.30. The largest absolute Gasteiger partial charge is 0.373 e. The number of carbonyl (C=O) groups is 1. The van der Waals surface area contributed by atoms with Gasteiger partial charge in [0.05, 0.1) is 5.92 Å². The van der Waals surface area contributed by atoms with Crippen molar-refractivity contribution in [3.05, 3.63) is 11.9 Å². The van der Waals surface area contributed by atoms with Crippen molar-refractivity contribution < 1.29 is 4.79 Å². The van der Waals surface area contributed by atoms with E-state index in [0.29, 0.717) is 12.4 Å². The van der Waals surface area contributed by atoms with Crippen molar-refractivity contribution >= 4 is 17.5 Å². The Labute approximate surface area is 108 Å². The molecule has 1 rings (SSSR count). The number of carbonyl (C=O) groups excluding carboxylic acids is 1. The van der Waals surface area contributed by atoms with Crippen LogP contribution in [0.5, 0.6) is 0 Å². The third-order valence-corrected chi connectivity index (χ3v) is 2.71. The summed E-state index contributed by atoms with van der Waals surface area (Å²) in [4.78, 5) is 22.0. The van der Waals surface area contributed by atoms with E-state index in [1.54, 1.807) is 7.05 Å². The van der Waals surface area contributed by atoms with Crippen molar-refractivity contribution in [2.75, 3.05) is 37.9 Å². The summed E-state index contributed by atoms with van der Waals surface area (Å²) in [6.07, 6.45) is 0. The highest BCUT2D eigenvalue weighted by molar-refractivity contribution is 5.78. The highest BCUT2D eigenvalue weighted by Crippen LogP contribution is 2.15. The zero-order valence-corrected chi connectivity index (χ0v) is 11.6. The lowest BCUT2D eigenvalue weighted by Gasteiger charge is -2.22. The summed E-state index contributed by atoms with van der Waals surface area (Å²) in [5, 5.41) is 5.64. The Morgan fingerprint density at radius 3 is 2.67 bits per heavy atom. The van der Waals surface area contributed by atoms with Crippen LogP contribution in [0, 0.1) is 12.8 Å². The molecule has 0 aromatic carbocycles. The Balaban J connectivity index is 2.80. The van der Waals surface area contributed by atoms with Crippen LogP contribution in [-0.2, 0) is 4.79 Å². The Morgan fingerprint density at radius 2 is 2.11 bits per heavy atom. The van der Waals surface area contributed by atoms with Gasteiger partial charge < -0.3 is 15.5 Å². The van der Waals surface area contributed by atoms with Crippen LogP contribution in [0.25, 0.3) is 0 Å². The van der Waals surface area contributed by atoms with E-state index in [1.807, 2.05) is 38.9 Å². The molecule has 1 aromatic heterocycles. The van der Waals surface area contributed by atoms with Gasteiger partial charge in [0.1, 0.15) is 17.5 Å². The number of aryl methyl sites for hydroxylation is 1. The van der Waals surface area contributed by atoms with Crippen LogP contribution in [0.4, 0.5) is 11.6 Å². The fourth-order valence-electron chi connectivity index (χ4n) is 1.71. The van der Waals surface area contributed by atoms with Gasteiger partial charge in [0, 0.05) is 33.8 Å². The van der Waals surface area contributed by atoms with E-state index in [9.17, 15) is 4.79 Å². The summed E-state index contributed by atoms with van der Waals surface area (Å²) in [5.41, 5.74) is 0. The van der Waals surface area contributed by atoms with E-state index in [-0.39, 0.29) is 11.8 Å². The number of hydrogen-bond donors (Lipinski definition) is 2. The highest BCUT2D eigenvalue weighted by atomic mass is 16.1. The minimum Gasteiger partial charge on any atom is -0.373 e. The Morgan fingerprint density at radius 1 is 1.44 bits per heavy atom. The maximum atomic E-state index is 11.5. The van der Waals surface area contributed by atoms with Crippen LogP contribution in [0.1, 0.15) is 12.7 Å². The number of nitrogens with one attached hydrogen (secondary N) is 2. The molecule has 2 N–H and O–H groups in total. The van der Waals surface area contributed by atoms with Crippen LogP contribution in [0.15, 0.2) is 6.07 Å². The second-order valence-corrected chi connectivity index (χ2v) is 4.30. The normalized spacial score (nSPS) is 11.8. The van der Waals surface area contributed by atoms with Crippen molar-refractivity contribution in [3.8, 4) is 0 Å². The molecule has 6 heteroatoms. The summed E-state index contributed by atoms with van der Waals surface area (Å²) in [7, 11) is 5.38. The maximum Gasteiger partial charge on any atom is 0.224 e. The average Bonchev–Trinajstić information content (AvgIpc) is 2.36. The molecule has 1 unspecified atom stereocenters. The first kappa shape index (κ1) is 14.2. The molecule has 0 aliphatic carbocycles. The standard InChI is InChI=1S/C12H21N5O/c1-8(12(18)14-4)7-17(5)11-6-10(13-3)15-9(2)16-11/h6,8H,7H2,1-5H3,(H,14,18)(H,13,15,16). The van der Waals surface area contributed by atoms with Crippen molar-refractivity contribution in [2.45, 2.75) is 13.8 Å². The van der Waals surface area contributed by atoms with Crippen molar-refractivity contribution in [2.24, 2.45) is 5.92 Å². The molecule has 0 radical (unpaired) electrons. The predicted octanol–water partition coefficient (Wildman–Crippen LogP) is 0.645. The van der Waals surface area contributed by atoms with Gasteiger partial charge in [-0.15, -0.1) is 0 Å². The zero-order valence-electron chi connectivity index (χ0n) is 11.6. The van der Waals surface area contributed by atoms with E-state index in [2.05, 4.69) is 20.6 Å². The lowest BCUT2D eigenvalue weighted by Crippen LogP contribution is -2.34. The third kappa shape index (κ3) is 3.58. The van der Waals surface area contributed by atoms with Gasteiger partial charge in [-0.1, -0.05) is 6.92 Å². The fourth-order valence-corrected chi connectivity index (χ4v) is 1.71. The molecule has 0 saturated heterocycles. The number of anilines is 2. The van der Waals surface area contributed by atoms with Crippen LogP contribution in [0.3, 0.4) is 0 Å². The van der Waals surface area contributed by atoms with E-state index in [4.69, 9.17) is 0 Å². The van der Waals surface area contributed by atoms with Gasteiger partial charge in [0.15, 0.2) is 0 Å². The van der Waals surface area contributed by atoms with Crippen LogP contribution >= 0.6 is 0 Å². The number of aromatic nitrogens is 2. The molecular formula is C12H21N5O. The third-order valence-electron chi connectivity index (χ3n) is 2.71. The molecule has 18 heavy (non-hydrogen) atoms. The minimum absolute atomic E-state index is 0.0291. The first-order valence-electron chi connectivity index (χ1n) is 5.94. The summed E-state index contributed by atoms with van der Waals surface area (Å²) >= 11 is 0. The smallest absolute Gasteiger partial charge is 0.224 e. The first-order valence-corrected chi connectivity index (χ1v) is 5.94. The molecule has 0 spiro atoms. The second kappa shape index (κ2) is 6.18. The number of amides is 1. The Bertz CT molecular complexity index is 421. The monoisotopic (exact) mass is 251 g/mol. The van der Waals surface area contributed by atoms with E-state index >= 15 is 0 Å². The quantitative estimate of drug-likeness (QED) is 0.804. The van der Waals surface area contributed by atoms with Gasteiger partial charge in [-0.25, -0.2) is 9.97 Å². The van der Waals surface area contributed by atoms with Crippen LogP contribution in [0.2, 0.25) is 0 Å². The average molecular weight is 251 g/mol. The predicted molar refractivity (Wildman–Crippen MR) is 72.8 cm³/mol. The van der Waals surface area contributed by atoms with Crippen molar-refractivity contribution in [1.29, 1.82) is 0 Å². The van der Waals surface area contributed by atoms with Gasteiger partial charge >= 0.3 is 0 Å². The maximum absolute atomic E-state index is 11.5. The topological polar surface area (TPSA) is 70.2 Å². The zero-order chi connectivity index (χ0) is 13.7. The minimum atomic E-state index is -0.0895. The van der Waals surface area contributed by atoms with Gasteiger partial charge in [-0.3, -0.25) is 4.79 Å². The number of rotatable bonds is 5. The molecular weight excluding hydrogens is 230 g/mol. The van der Waals surface area contributed by atoms with Gasteiger partial charge in [-0.05, 0) is 6.92 Å². The van der Waals surface area contributed by atoms with Gasteiger partial charge in [-0.2, -0.15) is 0 Å². The van der Waals surface area contributed by atoms with E-state index in [1.165, 1.54) is 0 Å². The molecule has 0 aliphatic rings. The van der Waals surface area contributed by atoms with Crippen LogP contribution < -0.4 is 15.5 Å². The molecule has 1 atom stereocenters. The molecule has 0 saturated carbocycles. The number of hydrogen-bond acceptors (Lipinski definition) is 5. The molecule has 0 fully saturated rings. The Hall–Kier alpha value is -1.85. The highest BCUT2D eigenvalue weighted by Gasteiger charge is 2.15.